The lowest BCUT2D eigenvalue weighted by Gasteiger charge is -1.94. The molecule has 0 bridgehead atoms. The van der Waals surface area contributed by atoms with Gasteiger partial charge in [-0.05, 0) is 12.8 Å². The van der Waals surface area contributed by atoms with Crippen LogP contribution in [-0.4, -0.2) is 16.9 Å². The Balaban J connectivity index is 0. The van der Waals surface area contributed by atoms with Crippen LogP contribution in [0, 0.1) is 5.92 Å². The molecule has 0 rings (SSSR count). The summed E-state index contributed by atoms with van der Waals surface area (Å²) in [4.78, 5) is 19.6. The second-order valence-corrected chi connectivity index (χ2v) is 3.05. The van der Waals surface area contributed by atoms with Crippen LogP contribution >= 0.6 is 0 Å². The van der Waals surface area contributed by atoms with E-state index in [0.717, 1.165) is 0 Å². The lowest BCUT2D eigenvalue weighted by molar-refractivity contribution is -0.137. The summed E-state index contributed by atoms with van der Waals surface area (Å²) in [6, 6.07) is 0. The van der Waals surface area contributed by atoms with Gasteiger partial charge in [-0.1, -0.05) is 20.8 Å². The van der Waals surface area contributed by atoms with Crippen LogP contribution in [0.4, 0.5) is 0 Å². The monoisotopic (exact) mass is 174 g/mol. The number of carboxylic acids is 1. The molecule has 0 atom stereocenters. The van der Waals surface area contributed by atoms with Crippen molar-refractivity contribution in [2.75, 3.05) is 0 Å². The molecule has 3 nitrogen and oxygen atoms in total. The molecule has 72 valence electrons. The van der Waals surface area contributed by atoms with E-state index in [1.54, 1.807) is 6.92 Å². The third-order valence-corrected chi connectivity index (χ3v) is 1.08. The van der Waals surface area contributed by atoms with Gasteiger partial charge in [0.05, 0.1) is 0 Å². The highest BCUT2D eigenvalue weighted by molar-refractivity contribution is 5.74. The number of Topliss-reactive ketones (excluding diaryl/α,β-unsaturated/α-hetero) is 1. The molecule has 0 amide bonds. The van der Waals surface area contributed by atoms with Crippen molar-refractivity contribution >= 4 is 11.8 Å². The van der Waals surface area contributed by atoms with Crippen LogP contribution < -0.4 is 0 Å². The number of carbonyl (C=O) groups is 2. The molecule has 0 heterocycles. The van der Waals surface area contributed by atoms with E-state index in [1.165, 1.54) is 0 Å². The molecule has 0 aliphatic rings. The third kappa shape index (κ3) is 22.9. The van der Waals surface area contributed by atoms with Gasteiger partial charge in [0.15, 0.2) is 0 Å². The lowest BCUT2D eigenvalue weighted by Crippen LogP contribution is -1.99. The highest BCUT2D eigenvalue weighted by Gasteiger charge is 1.98. The van der Waals surface area contributed by atoms with Crippen LogP contribution in [0.1, 0.15) is 40.5 Å². The van der Waals surface area contributed by atoms with E-state index in [2.05, 4.69) is 0 Å². The first-order valence-electron chi connectivity index (χ1n) is 4.11. The summed E-state index contributed by atoms with van der Waals surface area (Å²) in [6.45, 7) is 7.20. The number of hydrogen-bond acceptors (Lipinski definition) is 2. The Kier molecular flexibility index (Phi) is 9.41. The summed E-state index contributed by atoms with van der Waals surface area (Å²) >= 11 is 0. The quantitative estimate of drug-likeness (QED) is 0.712. The van der Waals surface area contributed by atoms with E-state index in [4.69, 9.17) is 5.11 Å². The van der Waals surface area contributed by atoms with Crippen LogP contribution in [0.25, 0.3) is 0 Å². The molecule has 0 saturated carbocycles. The maximum atomic E-state index is 9.81. The van der Waals surface area contributed by atoms with E-state index in [1.807, 2.05) is 20.8 Å². The van der Waals surface area contributed by atoms with Crippen molar-refractivity contribution in [3.8, 4) is 0 Å². The first kappa shape index (κ1) is 13.7. The summed E-state index contributed by atoms with van der Waals surface area (Å²) in [5.74, 6) is -0.183. The molecule has 0 spiro atoms. The van der Waals surface area contributed by atoms with Gasteiger partial charge in [-0.3, -0.25) is 4.79 Å². The maximum Gasteiger partial charge on any atom is 0.303 e. The fraction of sp³-hybridized carbons (Fsp3) is 0.778. The molecule has 0 radical (unpaired) electrons. The van der Waals surface area contributed by atoms with Crippen LogP contribution in [0.3, 0.4) is 0 Å². The molecule has 0 aromatic rings. The molecule has 3 heteroatoms. The topological polar surface area (TPSA) is 54.4 Å². The predicted molar refractivity (Wildman–Crippen MR) is 48.1 cm³/mol. The van der Waals surface area contributed by atoms with Crippen molar-refractivity contribution in [2.45, 2.75) is 40.5 Å². The standard InChI is InChI=1S/C5H10O2.C4H8O/c1-4(2)3-5(6)7;1-3-4(2)5/h4H,3H2,1-2H3,(H,6,7);3H2,1-2H3. The van der Waals surface area contributed by atoms with Crippen molar-refractivity contribution < 1.29 is 14.7 Å². The van der Waals surface area contributed by atoms with Crippen molar-refractivity contribution in [1.29, 1.82) is 0 Å². The average Bonchev–Trinajstić information content (AvgIpc) is 1.85. The third-order valence-electron chi connectivity index (χ3n) is 1.08. The molecule has 0 saturated heterocycles. The lowest BCUT2D eigenvalue weighted by atomic mass is 10.1. The first-order valence-corrected chi connectivity index (χ1v) is 4.11. The number of ketones is 1. The Morgan fingerprint density at radius 2 is 1.67 bits per heavy atom. The van der Waals surface area contributed by atoms with E-state index < -0.39 is 5.97 Å². The highest BCUT2D eigenvalue weighted by Crippen LogP contribution is 1.96. The zero-order valence-corrected chi connectivity index (χ0v) is 8.26. The number of carboxylic acid groups (broad SMARTS) is 1. The Hall–Kier alpha value is -0.860. The van der Waals surface area contributed by atoms with Crippen molar-refractivity contribution in [3.63, 3.8) is 0 Å². The molecule has 1 N–H and O–H groups in total. The number of hydrogen-bond donors (Lipinski definition) is 1. The summed E-state index contributed by atoms with van der Waals surface area (Å²) in [5.41, 5.74) is 0. The van der Waals surface area contributed by atoms with Crippen LogP contribution in [0.2, 0.25) is 0 Å². The minimum absolute atomic E-state index is 0.255. The zero-order chi connectivity index (χ0) is 10.1. The molecule has 0 aromatic heterocycles. The zero-order valence-electron chi connectivity index (χ0n) is 8.26. The SMILES string of the molecule is CC(C)CC(=O)O.CCC(C)=O. The van der Waals surface area contributed by atoms with Crippen LogP contribution in [0.5, 0.6) is 0 Å². The second-order valence-electron chi connectivity index (χ2n) is 3.05. The molecule has 0 unspecified atom stereocenters. The largest absolute Gasteiger partial charge is 0.481 e. The molecular weight excluding hydrogens is 156 g/mol. The van der Waals surface area contributed by atoms with Crippen molar-refractivity contribution in [1.82, 2.24) is 0 Å². The van der Waals surface area contributed by atoms with E-state index >= 15 is 0 Å². The van der Waals surface area contributed by atoms with Gasteiger partial charge >= 0.3 is 5.97 Å². The predicted octanol–water partition coefficient (Wildman–Crippen LogP) is 2.10. The summed E-state index contributed by atoms with van der Waals surface area (Å²) in [5, 5.41) is 8.08. The number of rotatable bonds is 3. The fourth-order valence-electron chi connectivity index (χ4n) is 0.349. The maximum absolute atomic E-state index is 9.81. The Morgan fingerprint density at radius 3 is 1.67 bits per heavy atom. The Labute approximate surface area is 73.8 Å². The van der Waals surface area contributed by atoms with Gasteiger partial charge < -0.3 is 9.90 Å². The van der Waals surface area contributed by atoms with Gasteiger partial charge in [0, 0.05) is 12.8 Å². The van der Waals surface area contributed by atoms with Crippen LogP contribution in [-0.2, 0) is 9.59 Å². The van der Waals surface area contributed by atoms with Gasteiger partial charge in [-0.25, -0.2) is 0 Å². The Morgan fingerprint density at radius 1 is 1.33 bits per heavy atom. The second kappa shape index (κ2) is 8.24. The van der Waals surface area contributed by atoms with Crippen molar-refractivity contribution in [3.05, 3.63) is 0 Å². The summed E-state index contributed by atoms with van der Waals surface area (Å²) < 4.78 is 0. The average molecular weight is 174 g/mol. The molecule has 0 aliphatic heterocycles. The molecule has 0 aliphatic carbocycles. The van der Waals surface area contributed by atoms with E-state index in [0.29, 0.717) is 6.42 Å². The van der Waals surface area contributed by atoms with E-state index in [-0.39, 0.29) is 18.1 Å². The molecular formula is C9H18O3. The first-order chi connectivity index (χ1) is 5.40. The summed E-state index contributed by atoms with van der Waals surface area (Å²) in [7, 11) is 0. The van der Waals surface area contributed by atoms with Gasteiger partial charge in [0.25, 0.3) is 0 Å². The van der Waals surface area contributed by atoms with E-state index in [9.17, 15) is 9.59 Å². The van der Waals surface area contributed by atoms with Crippen LogP contribution in [0.15, 0.2) is 0 Å². The van der Waals surface area contributed by atoms with Gasteiger partial charge in [-0.15, -0.1) is 0 Å². The minimum atomic E-state index is -0.713. The fourth-order valence-corrected chi connectivity index (χ4v) is 0.349. The molecule has 0 fully saturated rings. The summed E-state index contributed by atoms with van der Waals surface area (Å²) in [6.07, 6.45) is 0.944. The minimum Gasteiger partial charge on any atom is -0.481 e. The van der Waals surface area contributed by atoms with Gasteiger partial charge in [-0.2, -0.15) is 0 Å². The smallest absolute Gasteiger partial charge is 0.303 e. The number of aliphatic carboxylic acids is 1. The molecule has 12 heavy (non-hydrogen) atoms. The van der Waals surface area contributed by atoms with Gasteiger partial charge in [0.1, 0.15) is 5.78 Å². The van der Waals surface area contributed by atoms with Gasteiger partial charge in [0.2, 0.25) is 0 Å². The normalized spacial score (nSPS) is 8.75. The van der Waals surface area contributed by atoms with Crippen molar-refractivity contribution in [2.24, 2.45) is 5.92 Å². The number of carbonyl (C=O) groups excluding carboxylic acids is 1. The molecule has 0 aromatic carbocycles. The highest BCUT2D eigenvalue weighted by atomic mass is 16.4. The Bertz CT molecular complexity index is 139.